The fourth-order valence-corrected chi connectivity index (χ4v) is 2.18. The van der Waals surface area contributed by atoms with Crippen LogP contribution in [0.3, 0.4) is 0 Å². The second kappa shape index (κ2) is 6.95. The van der Waals surface area contributed by atoms with Crippen LogP contribution in [0, 0.1) is 10.1 Å². The van der Waals surface area contributed by atoms with Crippen LogP contribution in [0.5, 0.6) is 0 Å². The van der Waals surface area contributed by atoms with Crippen LogP contribution < -0.4 is 0 Å². The molecule has 128 valence electrons. The molecule has 0 amide bonds. The molecule has 0 fully saturated rings. The van der Waals surface area contributed by atoms with Gasteiger partial charge in [-0.3, -0.25) is 24.3 Å². The molecule has 0 aromatic carbocycles. The van der Waals surface area contributed by atoms with Crippen molar-refractivity contribution in [3.8, 4) is 0 Å². The lowest BCUT2D eigenvalue weighted by Crippen LogP contribution is -1.98. The number of carbonyl (C=O) groups excluding carboxylic acids is 1. The molecule has 0 aliphatic heterocycles. The predicted octanol–water partition coefficient (Wildman–Crippen LogP) is 2.55. The van der Waals surface area contributed by atoms with E-state index in [9.17, 15) is 14.9 Å². The molecule has 3 aromatic heterocycles. The lowest BCUT2D eigenvalue weighted by molar-refractivity contribution is -0.385. The summed E-state index contributed by atoms with van der Waals surface area (Å²) in [6.45, 7) is 2.90. The van der Waals surface area contributed by atoms with E-state index in [-0.39, 0.29) is 18.0 Å². The van der Waals surface area contributed by atoms with E-state index in [1.807, 2.05) is 6.92 Å². The average molecular weight is 341 g/mol. The van der Waals surface area contributed by atoms with E-state index in [1.54, 1.807) is 29.1 Å². The van der Waals surface area contributed by atoms with Crippen LogP contribution in [0.15, 0.2) is 47.4 Å². The smallest absolute Gasteiger partial charge is 0.307 e. The molecule has 0 aliphatic carbocycles. The van der Waals surface area contributed by atoms with Gasteiger partial charge in [0, 0.05) is 12.7 Å². The van der Waals surface area contributed by atoms with Crippen molar-refractivity contribution in [3.63, 3.8) is 0 Å². The molecule has 3 aromatic rings. The molecule has 0 bridgehead atoms. The lowest BCUT2D eigenvalue weighted by atomic mass is 10.2. The Kier molecular flexibility index (Phi) is 4.55. The lowest BCUT2D eigenvalue weighted by Gasteiger charge is -1.96. The number of hydrogen-bond acceptors (Lipinski definition) is 6. The number of allylic oxidation sites excluding steroid dienone is 1. The number of carbonyl (C=O) groups is 1. The van der Waals surface area contributed by atoms with Gasteiger partial charge in [-0.15, -0.1) is 0 Å². The first-order valence-electron chi connectivity index (χ1n) is 7.55. The zero-order valence-electron chi connectivity index (χ0n) is 13.4. The molecule has 25 heavy (non-hydrogen) atoms. The molecule has 0 saturated carbocycles. The van der Waals surface area contributed by atoms with Crippen molar-refractivity contribution in [3.05, 3.63) is 70.2 Å². The van der Waals surface area contributed by atoms with Crippen LogP contribution in [0.4, 0.5) is 5.69 Å². The molecule has 0 aliphatic rings. The van der Waals surface area contributed by atoms with Crippen molar-refractivity contribution in [2.24, 2.45) is 0 Å². The zero-order chi connectivity index (χ0) is 17.8. The molecule has 0 N–H and O–H groups in total. The van der Waals surface area contributed by atoms with Gasteiger partial charge >= 0.3 is 5.69 Å². The summed E-state index contributed by atoms with van der Waals surface area (Å²) in [5.41, 5.74) is 0.429. The van der Waals surface area contributed by atoms with E-state index in [2.05, 4.69) is 10.2 Å². The molecule has 0 atom stereocenters. The SMILES string of the molecule is CCn1cc(C(=O)/C=C/c2ccc(Cn3cc([N+](=O)[O-])cn3)o2)cn1. The van der Waals surface area contributed by atoms with E-state index in [0.29, 0.717) is 23.6 Å². The Labute approximate surface area is 142 Å². The second-order valence-corrected chi connectivity index (χ2v) is 5.24. The molecule has 0 spiro atoms. The second-order valence-electron chi connectivity index (χ2n) is 5.24. The molecule has 3 rings (SSSR count). The number of hydrogen-bond donors (Lipinski definition) is 0. The van der Waals surface area contributed by atoms with Crippen molar-refractivity contribution in [2.75, 3.05) is 0 Å². The van der Waals surface area contributed by atoms with Gasteiger partial charge in [-0.2, -0.15) is 10.2 Å². The fourth-order valence-electron chi connectivity index (χ4n) is 2.18. The summed E-state index contributed by atoms with van der Waals surface area (Å²) in [5.74, 6) is 0.914. The molecule has 0 radical (unpaired) electrons. The summed E-state index contributed by atoms with van der Waals surface area (Å²) in [5, 5.41) is 18.6. The van der Waals surface area contributed by atoms with Crippen LogP contribution in [-0.2, 0) is 13.1 Å². The monoisotopic (exact) mass is 341 g/mol. The van der Waals surface area contributed by atoms with Crippen LogP contribution in [-0.4, -0.2) is 30.3 Å². The Morgan fingerprint density at radius 3 is 2.76 bits per heavy atom. The standard InChI is InChI=1S/C16H15N5O4/c1-2-19-9-12(7-17-19)16(22)6-5-14-3-4-15(25-14)11-20-10-13(8-18-20)21(23)24/h3-10H,2,11H2,1H3/b6-5+. The Balaban J connectivity index is 1.64. The quantitative estimate of drug-likeness (QED) is 0.283. The zero-order valence-corrected chi connectivity index (χ0v) is 13.4. The number of ketones is 1. The van der Waals surface area contributed by atoms with Gasteiger partial charge in [0.05, 0.1) is 23.2 Å². The Hall–Kier alpha value is -3.49. The summed E-state index contributed by atoms with van der Waals surface area (Å²) in [6.07, 6.45) is 8.70. The van der Waals surface area contributed by atoms with Gasteiger partial charge in [0.15, 0.2) is 5.78 Å². The highest BCUT2D eigenvalue weighted by Crippen LogP contribution is 2.14. The number of aromatic nitrogens is 4. The fraction of sp³-hybridized carbons (Fsp3) is 0.188. The number of nitro groups is 1. The van der Waals surface area contributed by atoms with E-state index in [0.717, 1.165) is 0 Å². The third-order valence-electron chi connectivity index (χ3n) is 3.47. The predicted molar refractivity (Wildman–Crippen MR) is 88.0 cm³/mol. The van der Waals surface area contributed by atoms with Crippen LogP contribution >= 0.6 is 0 Å². The molecule has 9 nitrogen and oxygen atoms in total. The number of furan rings is 1. The minimum absolute atomic E-state index is 0.0788. The normalized spacial score (nSPS) is 11.2. The van der Waals surface area contributed by atoms with Gasteiger partial charge in [-0.25, -0.2) is 0 Å². The van der Waals surface area contributed by atoms with Crippen molar-refractivity contribution >= 4 is 17.5 Å². The van der Waals surface area contributed by atoms with E-state index in [1.165, 1.54) is 29.3 Å². The minimum Gasteiger partial charge on any atom is -0.460 e. The Morgan fingerprint density at radius 1 is 1.28 bits per heavy atom. The van der Waals surface area contributed by atoms with Crippen LogP contribution in [0.2, 0.25) is 0 Å². The number of aryl methyl sites for hydroxylation is 1. The summed E-state index contributed by atoms with van der Waals surface area (Å²) in [4.78, 5) is 22.2. The highest BCUT2D eigenvalue weighted by molar-refractivity contribution is 6.06. The summed E-state index contributed by atoms with van der Waals surface area (Å²) < 4.78 is 8.67. The third kappa shape index (κ3) is 3.89. The maximum absolute atomic E-state index is 12.1. The van der Waals surface area contributed by atoms with Crippen LogP contribution in [0.25, 0.3) is 6.08 Å². The summed E-state index contributed by atoms with van der Waals surface area (Å²) in [7, 11) is 0. The minimum atomic E-state index is -0.508. The van der Waals surface area contributed by atoms with Crippen molar-refractivity contribution in [2.45, 2.75) is 20.0 Å². The third-order valence-corrected chi connectivity index (χ3v) is 3.47. The largest absolute Gasteiger partial charge is 0.460 e. The van der Waals surface area contributed by atoms with Crippen molar-refractivity contribution in [1.82, 2.24) is 19.6 Å². The molecule has 0 saturated heterocycles. The van der Waals surface area contributed by atoms with E-state index < -0.39 is 4.92 Å². The average Bonchev–Trinajstić information content (AvgIpc) is 3.33. The van der Waals surface area contributed by atoms with Crippen LogP contribution in [0.1, 0.15) is 28.8 Å². The molecular formula is C16H15N5O4. The molecular weight excluding hydrogens is 326 g/mol. The number of nitrogens with zero attached hydrogens (tertiary/aromatic N) is 5. The van der Waals surface area contributed by atoms with Gasteiger partial charge in [0.25, 0.3) is 0 Å². The Morgan fingerprint density at radius 2 is 2.08 bits per heavy atom. The molecule has 3 heterocycles. The van der Waals surface area contributed by atoms with Gasteiger partial charge in [0.1, 0.15) is 23.9 Å². The van der Waals surface area contributed by atoms with Gasteiger partial charge in [-0.1, -0.05) is 0 Å². The maximum Gasteiger partial charge on any atom is 0.307 e. The Bertz CT molecular complexity index is 934. The highest BCUT2D eigenvalue weighted by Gasteiger charge is 2.10. The van der Waals surface area contributed by atoms with E-state index in [4.69, 9.17) is 4.42 Å². The maximum atomic E-state index is 12.1. The summed E-state index contributed by atoms with van der Waals surface area (Å²) >= 11 is 0. The van der Waals surface area contributed by atoms with Gasteiger partial charge in [-0.05, 0) is 31.2 Å². The molecule has 9 heteroatoms. The van der Waals surface area contributed by atoms with Crippen molar-refractivity contribution in [1.29, 1.82) is 0 Å². The first-order chi connectivity index (χ1) is 12.0. The first-order valence-corrected chi connectivity index (χ1v) is 7.55. The van der Waals surface area contributed by atoms with Gasteiger partial charge in [0.2, 0.25) is 0 Å². The topological polar surface area (TPSA) is 109 Å². The summed E-state index contributed by atoms with van der Waals surface area (Å²) in [6, 6.07) is 3.44. The van der Waals surface area contributed by atoms with Crippen molar-refractivity contribution < 1.29 is 14.1 Å². The molecule has 0 unspecified atom stereocenters. The van der Waals surface area contributed by atoms with E-state index >= 15 is 0 Å². The first kappa shape index (κ1) is 16.4. The number of rotatable bonds is 7. The highest BCUT2D eigenvalue weighted by atomic mass is 16.6. The van der Waals surface area contributed by atoms with Gasteiger partial charge < -0.3 is 4.42 Å².